The zero-order chi connectivity index (χ0) is 10.2. The van der Waals surface area contributed by atoms with E-state index in [0.29, 0.717) is 0 Å². The normalized spacial score (nSPS) is 39.8. The van der Waals surface area contributed by atoms with Crippen LogP contribution in [0.15, 0.2) is 0 Å². The van der Waals surface area contributed by atoms with Crippen molar-refractivity contribution < 1.29 is 30.0 Å². The van der Waals surface area contributed by atoms with Gasteiger partial charge in [0.05, 0.1) is 0 Å². The number of piperidine rings is 1. The van der Waals surface area contributed by atoms with E-state index in [1.807, 2.05) is 5.32 Å². The van der Waals surface area contributed by atoms with Gasteiger partial charge in [-0.15, -0.1) is 0 Å². The SMILES string of the molecule is O=C(O)[C@H]1NC(=O)[C@H](O)[C@@H](O)[C@@H]1O. The Morgan fingerprint density at radius 1 is 1.23 bits per heavy atom. The van der Waals surface area contributed by atoms with Crippen LogP contribution in [0, 0.1) is 0 Å². The number of carboxylic acid groups (broad SMARTS) is 1. The topological polar surface area (TPSA) is 127 Å². The van der Waals surface area contributed by atoms with Gasteiger partial charge in [-0.05, 0) is 0 Å². The number of hydrogen-bond donors (Lipinski definition) is 5. The van der Waals surface area contributed by atoms with Crippen molar-refractivity contribution in [3.63, 3.8) is 0 Å². The molecule has 1 fully saturated rings. The van der Waals surface area contributed by atoms with E-state index in [1.165, 1.54) is 0 Å². The molecule has 0 aromatic carbocycles. The molecule has 7 heteroatoms. The summed E-state index contributed by atoms with van der Waals surface area (Å²) in [5, 5.41) is 37.3. The molecule has 0 aromatic heterocycles. The fraction of sp³-hybridized carbons (Fsp3) is 0.667. The average molecular weight is 191 g/mol. The smallest absolute Gasteiger partial charge is 0.329 e. The Morgan fingerprint density at radius 2 is 1.77 bits per heavy atom. The van der Waals surface area contributed by atoms with Gasteiger partial charge in [0.15, 0.2) is 12.1 Å². The summed E-state index contributed by atoms with van der Waals surface area (Å²) in [5.41, 5.74) is 0. The molecule has 13 heavy (non-hydrogen) atoms. The number of carbonyl (C=O) groups excluding carboxylic acids is 1. The van der Waals surface area contributed by atoms with Gasteiger partial charge in [-0.25, -0.2) is 4.79 Å². The third kappa shape index (κ3) is 1.62. The predicted molar refractivity (Wildman–Crippen MR) is 37.6 cm³/mol. The summed E-state index contributed by atoms with van der Waals surface area (Å²) in [5.74, 6) is -2.47. The first kappa shape index (κ1) is 9.90. The largest absolute Gasteiger partial charge is 0.480 e. The molecular weight excluding hydrogens is 182 g/mol. The zero-order valence-corrected chi connectivity index (χ0v) is 6.41. The Morgan fingerprint density at radius 3 is 2.23 bits per heavy atom. The van der Waals surface area contributed by atoms with Crippen LogP contribution >= 0.6 is 0 Å². The number of carbonyl (C=O) groups is 2. The summed E-state index contributed by atoms with van der Waals surface area (Å²) in [7, 11) is 0. The molecule has 0 bridgehead atoms. The van der Waals surface area contributed by atoms with Gasteiger partial charge >= 0.3 is 5.97 Å². The Labute approximate surface area is 72.6 Å². The molecule has 0 aliphatic carbocycles. The molecule has 1 heterocycles. The molecule has 0 unspecified atom stereocenters. The lowest BCUT2D eigenvalue weighted by atomic mass is 9.96. The Hall–Kier alpha value is -1.18. The Kier molecular flexibility index (Phi) is 2.50. The van der Waals surface area contributed by atoms with Gasteiger partial charge in [0.1, 0.15) is 12.2 Å². The number of nitrogens with one attached hydrogen (secondary N) is 1. The second kappa shape index (κ2) is 3.29. The first-order valence-corrected chi connectivity index (χ1v) is 3.52. The zero-order valence-electron chi connectivity index (χ0n) is 6.41. The molecule has 4 atom stereocenters. The van der Waals surface area contributed by atoms with Gasteiger partial charge in [-0.1, -0.05) is 0 Å². The number of carboxylic acids is 1. The highest BCUT2D eigenvalue weighted by Gasteiger charge is 2.44. The van der Waals surface area contributed by atoms with Crippen molar-refractivity contribution in [2.45, 2.75) is 24.4 Å². The van der Waals surface area contributed by atoms with Crippen molar-refractivity contribution in [1.29, 1.82) is 0 Å². The van der Waals surface area contributed by atoms with E-state index < -0.39 is 36.2 Å². The summed E-state index contributed by atoms with van der Waals surface area (Å²) in [6.45, 7) is 0. The lowest BCUT2D eigenvalue weighted by Gasteiger charge is -2.32. The van der Waals surface area contributed by atoms with Crippen LogP contribution in [-0.2, 0) is 9.59 Å². The van der Waals surface area contributed by atoms with E-state index in [4.69, 9.17) is 20.4 Å². The first-order chi connectivity index (χ1) is 5.95. The Bertz CT molecular complexity index is 241. The summed E-state index contributed by atoms with van der Waals surface area (Å²) in [6, 6.07) is -1.58. The van der Waals surface area contributed by atoms with Crippen molar-refractivity contribution in [3.8, 4) is 0 Å². The van der Waals surface area contributed by atoms with Crippen molar-refractivity contribution >= 4 is 11.9 Å². The average Bonchev–Trinajstić information content (AvgIpc) is 2.07. The maximum atomic E-state index is 10.8. The van der Waals surface area contributed by atoms with Crippen molar-refractivity contribution in [2.75, 3.05) is 0 Å². The van der Waals surface area contributed by atoms with E-state index in [9.17, 15) is 9.59 Å². The fourth-order valence-electron chi connectivity index (χ4n) is 1.07. The molecule has 74 valence electrons. The standard InChI is InChI=1S/C6H9NO6/c8-2-1(6(12)13)7-5(11)4(10)3(2)9/h1-4,8-10H,(H,7,11)(H,12,13)/t1-,2+,3-,4+/m0/s1. The Balaban J connectivity index is 2.82. The van der Waals surface area contributed by atoms with Gasteiger partial charge in [0.25, 0.3) is 5.91 Å². The maximum Gasteiger partial charge on any atom is 0.329 e. The minimum atomic E-state index is -1.79. The van der Waals surface area contributed by atoms with Crippen LogP contribution in [-0.4, -0.2) is 56.7 Å². The molecular formula is C6H9NO6. The molecule has 1 amide bonds. The predicted octanol–water partition coefficient (Wildman–Crippen LogP) is -3.35. The lowest BCUT2D eigenvalue weighted by Crippen LogP contribution is -2.65. The second-order valence-corrected chi connectivity index (χ2v) is 2.75. The molecule has 0 saturated carbocycles. The van der Waals surface area contributed by atoms with E-state index in [1.54, 1.807) is 0 Å². The van der Waals surface area contributed by atoms with E-state index in [2.05, 4.69) is 0 Å². The number of aliphatic carboxylic acids is 1. The van der Waals surface area contributed by atoms with Crippen LogP contribution in [0.25, 0.3) is 0 Å². The van der Waals surface area contributed by atoms with Crippen LogP contribution in [0.3, 0.4) is 0 Å². The number of amides is 1. The van der Waals surface area contributed by atoms with Crippen molar-refractivity contribution in [3.05, 3.63) is 0 Å². The highest BCUT2D eigenvalue weighted by atomic mass is 16.4. The van der Waals surface area contributed by atoms with Crippen LogP contribution < -0.4 is 5.32 Å². The van der Waals surface area contributed by atoms with Crippen molar-refractivity contribution in [2.24, 2.45) is 0 Å². The van der Waals surface area contributed by atoms with Crippen LogP contribution in [0.5, 0.6) is 0 Å². The van der Waals surface area contributed by atoms with Crippen LogP contribution in [0.2, 0.25) is 0 Å². The van der Waals surface area contributed by atoms with Gasteiger partial charge in [-0.2, -0.15) is 0 Å². The number of aliphatic hydroxyl groups is 3. The van der Waals surface area contributed by atoms with Gasteiger partial charge in [0, 0.05) is 0 Å². The minimum absolute atomic E-state index is 1.01. The maximum absolute atomic E-state index is 10.8. The summed E-state index contributed by atoms with van der Waals surface area (Å²) < 4.78 is 0. The third-order valence-corrected chi connectivity index (χ3v) is 1.85. The molecule has 0 aromatic rings. The van der Waals surface area contributed by atoms with E-state index >= 15 is 0 Å². The second-order valence-electron chi connectivity index (χ2n) is 2.75. The van der Waals surface area contributed by atoms with E-state index in [-0.39, 0.29) is 0 Å². The molecule has 5 N–H and O–H groups in total. The third-order valence-electron chi connectivity index (χ3n) is 1.85. The lowest BCUT2D eigenvalue weighted by molar-refractivity contribution is -0.165. The molecule has 1 saturated heterocycles. The van der Waals surface area contributed by atoms with Gasteiger partial charge < -0.3 is 25.7 Å². The molecule has 1 rings (SSSR count). The monoisotopic (exact) mass is 191 g/mol. The molecule has 1 aliphatic rings. The van der Waals surface area contributed by atoms with Crippen LogP contribution in [0.1, 0.15) is 0 Å². The van der Waals surface area contributed by atoms with E-state index in [0.717, 1.165) is 0 Å². The quantitative estimate of drug-likeness (QED) is 0.295. The highest BCUT2D eigenvalue weighted by Crippen LogP contribution is 2.11. The molecule has 1 aliphatic heterocycles. The molecule has 0 spiro atoms. The summed E-state index contributed by atoms with van der Waals surface area (Å²) >= 11 is 0. The van der Waals surface area contributed by atoms with Crippen LogP contribution in [0.4, 0.5) is 0 Å². The highest BCUT2D eigenvalue weighted by molar-refractivity contribution is 5.88. The van der Waals surface area contributed by atoms with Crippen molar-refractivity contribution in [1.82, 2.24) is 5.32 Å². The van der Waals surface area contributed by atoms with Gasteiger partial charge in [0.2, 0.25) is 0 Å². The number of aliphatic hydroxyl groups excluding tert-OH is 3. The fourth-order valence-corrected chi connectivity index (χ4v) is 1.07. The number of hydrogen-bond acceptors (Lipinski definition) is 5. The molecule has 7 nitrogen and oxygen atoms in total. The summed E-state index contributed by atoms with van der Waals surface area (Å²) in [6.07, 6.45) is -5.26. The first-order valence-electron chi connectivity index (χ1n) is 3.52. The summed E-state index contributed by atoms with van der Waals surface area (Å²) in [4.78, 5) is 21.2. The van der Waals surface area contributed by atoms with Gasteiger partial charge in [-0.3, -0.25) is 4.79 Å². The molecule has 0 radical (unpaired) electrons. The number of rotatable bonds is 1. The minimum Gasteiger partial charge on any atom is -0.480 e.